The van der Waals surface area contributed by atoms with Crippen LogP contribution < -0.4 is 5.32 Å². The molecule has 0 saturated carbocycles. The Hall–Kier alpha value is -2.68. The minimum atomic E-state index is -0.514. The van der Waals surface area contributed by atoms with Crippen molar-refractivity contribution in [2.75, 3.05) is 33.2 Å². The van der Waals surface area contributed by atoms with Gasteiger partial charge in [-0.15, -0.1) is 5.10 Å². The van der Waals surface area contributed by atoms with E-state index in [9.17, 15) is 9.59 Å². The minimum Gasteiger partial charge on any atom is -0.357 e. The van der Waals surface area contributed by atoms with Gasteiger partial charge in [-0.3, -0.25) is 14.3 Å². The lowest BCUT2D eigenvalue weighted by molar-refractivity contribution is -0.142. The summed E-state index contributed by atoms with van der Waals surface area (Å²) in [7, 11) is 2.06. The molecule has 0 aromatic carbocycles. The number of hydrogen-bond acceptors (Lipinski definition) is 5. The van der Waals surface area contributed by atoms with E-state index in [1.807, 2.05) is 17.2 Å². The predicted molar refractivity (Wildman–Crippen MR) is 107 cm³/mol. The normalized spacial score (nSPS) is 24.9. The predicted octanol–water partition coefficient (Wildman–Crippen LogP) is 0.739. The molecule has 0 radical (unpaired) electrons. The quantitative estimate of drug-likeness (QED) is 0.698. The Bertz CT molecular complexity index is 820. The van der Waals surface area contributed by atoms with Crippen LogP contribution in [-0.4, -0.2) is 80.9 Å². The fraction of sp³-hybridized carbons (Fsp3) is 0.600. The zero-order chi connectivity index (χ0) is 20.3. The Labute approximate surface area is 170 Å². The summed E-state index contributed by atoms with van der Waals surface area (Å²) >= 11 is 0. The molecule has 9 nitrogen and oxygen atoms in total. The number of piperidine rings is 2. The van der Waals surface area contributed by atoms with Crippen molar-refractivity contribution >= 4 is 11.8 Å². The highest BCUT2D eigenvalue weighted by Gasteiger charge is 2.53. The van der Waals surface area contributed by atoms with Gasteiger partial charge in [-0.25, -0.2) is 0 Å². The van der Waals surface area contributed by atoms with Crippen LogP contribution in [0.2, 0.25) is 0 Å². The number of nitrogens with zero attached hydrogens (tertiary/aromatic N) is 5. The van der Waals surface area contributed by atoms with Crippen molar-refractivity contribution in [2.45, 2.75) is 38.3 Å². The molecule has 0 aliphatic carbocycles. The summed E-state index contributed by atoms with van der Waals surface area (Å²) in [6.07, 6.45) is 8.48. The summed E-state index contributed by atoms with van der Waals surface area (Å²) < 4.78 is 1.76. The molecule has 29 heavy (non-hydrogen) atoms. The van der Waals surface area contributed by atoms with Crippen molar-refractivity contribution in [1.29, 1.82) is 0 Å². The van der Waals surface area contributed by atoms with Gasteiger partial charge in [0, 0.05) is 38.6 Å². The van der Waals surface area contributed by atoms with Crippen LogP contribution >= 0.6 is 0 Å². The largest absolute Gasteiger partial charge is 0.357 e. The highest BCUT2D eigenvalue weighted by atomic mass is 16.2. The maximum Gasteiger partial charge on any atom is 0.270 e. The molecule has 2 aliphatic heterocycles. The number of nitrogens with one attached hydrogen (secondary N) is 2. The smallest absolute Gasteiger partial charge is 0.270 e. The number of fused-ring (bicyclic) bond motifs is 1. The highest BCUT2D eigenvalue weighted by Crippen LogP contribution is 2.43. The molecule has 2 aliphatic rings. The number of H-pyrrole nitrogens is 1. The zero-order valence-corrected chi connectivity index (χ0v) is 16.9. The van der Waals surface area contributed by atoms with Crippen molar-refractivity contribution in [3.63, 3.8) is 0 Å². The van der Waals surface area contributed by atoms with Crippen molar-refractivity contribution in [2.24, 2.45) is 5.41 Å². The first-order valence-electron chi connectivity index (χ1n) is 10.4. The second-order valence-electron chi connectivity index (χ2n) is 8.15. The molecule has 9 heteroatoms. The zero-order valence-electron chi connectivity index (χ0n) is 16.9. The van der Waals surface area contributed by atoms with Gasteiger partial charge in [0.15, 0.2) is 0 Å². The fourth-order valence-electron chi connectivity index (χ4n) is 4.74. The molecule has 4 heterocycles. The van der Waals surface area contributed by atoms with Crippen molar-refractivity contribution in [1.82, 2.24) is 35.1 Å². The monoisotopic (exact) mass is 399 g/mol. The molecule has 2 atom stereocenters. The second-order valence-corrected chi connectivity index (χ2v) is 8.15. The third-order valence-electron chi connectivity index (χ3n) is 6.32. The van der Waals surface area contributed by atoms with Crippen LogP contribution in [-0.2, 0) is 11.3 Å². The average Bonchev–Trinajstić information content (AvgIpc) is 3.44. The molecule has 2 saturated heterocycles. The first-order chi connectivity index (χ1) is 14.1. The average molecular weight is 399 g/mol. The molecular formula is C20H29N7O2. The van der Waals surface area contributed by atoms with E-state index in [1.165, 1.54) is 0 Å². The molecule has 0 bridgehead atoms. The van der Waals surface area contributed by atoms with Crippen molar-refractivity contribution < 1.29 is 9.59 Å². The van der Waals surface area contributed by atoms with E-state index in [0.717, 1.165) is 45.3 Å². The van der Waals surface area contributed by atoms with Crippen LogP contribution in [0.4, 0.5) is 0 Å². The Balaban J connectivity index is 1.46. The highest BCUT2D eigenvalue weighted by molar-refractivity contribution is 5.94. The van der Waals surface area contributed by atoms with E-state index in [4.69, 9.17) is 0 Å². The van der Waals surface area contributed by atoms with Gasteiger partial charge in [0.1, 0.15) is 5.69 Å². The Morgan fingerprint density at radius 2 is 2.24 bits per heavy atom. The number of likely N-dealkylation sites (N-methyl/N-ethyl adjacent to an activating group) is 1. The number of aryl methyl sites for hydroxylation is 1. The first-order valence-corrected chi connectivity index (χ1v) is 10.4. The van der Waals surface area contributed by atoms with Gasteiger partial charge in [-0.05, 0) is 51.4 Å². The van der Waals surface area contributed by atoms with Gasteiger partial charge in [0.25, 0.3) is 5.91 Å². The van der Waals surface area contributed by atoms with Crippen LogP contribution in [0.25, 0.3) is 0 Å². The van der Waals surface area contributed by atoms with Crippen LogP contribution in [0.5, 0.6) is 0 Å². The number of aromatic amines is 1. The topological polar surface area (TPSA) is 99.2 Å². The van der Waals surface area contributed by atoms with Crippen LogP contribution in [0, 0.1) is 5.41 Å². The van der Waals surface area contributed by atoms with E-state index < -0.39 is 5.41 Å². The first kappa shape index (κ1) is 19.6. The third-order valence-corrected chi connectivity index (χ3v) is 6.32. The number of hydrogen-bond donors (Lipinski definition) is 2. The molecule has 2 aromatic heterocycles. The van der Waals surface area contributed by atoms with Crippen LogP contribution in [0.1, 0.15) is 36.2 Å². The van der Waals surface area contributed by atoms with E-state index in [-0.39, 0.29) is 17.9 Å². The molecule has 0 spiro atoms. The molecule has 2 aromatic rings. The summed E-state index contributed by atoms with van der Waals surface area (Å²) in [6.45, 7) is 3.59. The maximum absolute atomic E-state index is 13.4. The summed E-state index contributed by atoms with van der Waals surface area (Å²) in [5.41, 5.74) is 0.0718. The van der Waals surface area contributed by atoms with E-state index >= 15 is 0 Å². The SMILES string of the molecule is CN1CC[C@]2(C(=O)NCCCn3ccnn3)CCCN(C(=O)c3ccc[nH]3)[C@H]2C1. The van der Waals surface area contributed by atoms with E-state index in [1.54, 1.807) is 23.1 Å². The molecule has 4 rings (SSSR count). The van der Waals surface area contributed by atoms with Gasteiger partial charge in [0.05, 0.1) is 17.7 Å². The summed E-state index contributed by atoms with van der Waals surface area (Å²) in [4.78, 5) is 33.6. The number of carbonyl (C=O) groups is 2. The van der Waals surface area contributed by atoms with Gasteiger partial charge >= 0.3 is 0 Å². The van der Waals surface area contributed by atoms with E-state index in [2.05, 4.69) is 32.6 Å². The molecular weight excluding hydrogens is 370 g/mol. The number of aromatic nitrogens is 4. The van der Waals surface area contributed by atoms with Gasteiger partial charge < -0.3 is 20.1 Å². The number of likely N-dealkylation sites (tertiary alicyclic amines) is 2. The minimum absolute atomic E-state index is 0.0154. The molecule has 156 valence electrons. The lowest BCUT2D eigenvalue weighted by Gasteiger charge is -2.53. The number of rotatable bonds is 6. The van der Waals surface area contributed by atoms with Crippen molar-refractivity contribution in [3.8, 4) is 0 Å². The molecule has 0 unspecified atom stereocenters. The Morgan fingerprint density at radius 3 is 3.00 bits per heavy atom. The van der Waals surface area contributed by atoms with Gasteiger partial charge in [-0.1, -0.05) is 5.21 Å². The molecule has 2 N–H and O–H groups in total. The molecule has 2 amide bonds. The van der Waals surface area contributed by atoms with Crippen molar-refractivity contribution in [3.05, 3.63) is 36.4 Å². The Morgan fingerprint density at radius 1 is 1.34 bits per heavy atom. The summed E-state index contributed by atoms with van der Waals surface area (Å²) in [5.74, 6) is 0.0662. The summed E-state index contributed by atoms with van der Waals surface area (Å²) in [6, 6.07) is 3.52. The van der Waals surface area contributed by atoms with Crippen LogP contribution in [0.15, 0.2) is 30.7 Å². The van der Waals surface area contributed by atoms with E-state index in [0.29, 0.717) is 18.8 Å². The standard InChI is InChI=1S/C20H29N7O2/c1-25-13-7-20(19(29)22-9-4-11-26-14-10-23-24-26)6-3-12-27(17(20)15-25)18(28)16-5-2-8-21-16/h2,5,8,10,14,17,21H,3-4,6-7,9,11-13,15H2,1H3,(H,22,29)/t17-,20+/m0/s1. The van der Waals surface area contributed by atoms with Crippen LogP contribution in [0.3, 0.4) is 0 Å². The second kappa shape index (κ2) is 8.36. The van der Waals surface area contributed by atoms with Gasteiger partial charge in [-0.2, -0.15) is 0 Å². The lowest BCUT2D eigenvalue weighted by atomic mass is 9.67. The lowest BCUT2D eigenvalue weighted by Crippen LogP contribution is -2.66. The number of carbonyl (C=O) groups excluding carboxylic acids is 2. The third kappa shape index (κ3) is 3.91. The van der Waals surface area contributed by atoms with Gasteiger partial charge in [0.2, 0.25) is 5.91 Å². The fourth-order valence-corrected chi connectivity index (χ4v) is 4.74. The summed E-state index contributed by atoms with van der Waals surface area (Å²) in [5, 5.41) is 10.9. The number of amides is 2. The Kier molecular flexibility index (Phi) is 5.66. The maximum atomic E-state index is 13.4. The molecule has 2 fully saturated rings.